The van der Waals surface area contributed by atoms with Gasteiger partial charge in [-0.1, -0.05) is 114 Å². The van der Waals surface area contributed by atoms with E-state index < -0.39 is 0 Å². The molecule has 2 rings (SSSR count). The van der Waals surface area contributed by atoms with Gasteiger partial charge in [-0.05, 0) is 0 Å². The molecule has 2 saturated carbocycles. The van der Waals surface area contributed by atoms with Crippen LogP contribution >= 0.6 is 0 Å². The molecular formula is C18H34B. The van der Waals surface area contributed by atoms with Crippen LogP contribution in [0.25, 0.3) is 0 Å². The molecule has 2 aliphatic rings. The van der Waals surface area contributed by atoms with E-state index >= 15 is 0 Å². The van der Waals surface area contributed by atoms with Crippen LogP contribution in [0.1, 0.15) is 103 Å². The minimum absolute atomic E-state index is 0.961. The van der Waals surface area contributed by atoms with Gasteiger partial charge in [0.15, 0.2) is 0 Å². The Bertz CT molecular complexity index is 196. The third-order valence-electron chi connectivity index (χ3n) is 5.34. The van der Waals surface area contributed by atoms with Crippen molar-refractivity contribution in [1.82, 2.24) is 0 Å². The molecule has 0 nitrogen and oxygen atoms in total. The maximum atomic E-state index is 2.81. The Kier molecular flexibility index (Phi) is 8.04. The van der Waals surface area contributed by atoms with E-state index in [2.05, 4.69) is 7.28 Å². The fraction of sp³-hybridized carbons (Fsp3) is 1.00. The molecule has 0 bridgehead atoms. The second kappa shape index (κ2) is 9.89. The maximum absolute atomic E-state index is 2.81. The average molecular weight is 261 g/mol. The fourth-order valence-corrected chi connectivity index (χ4v) is 4.10. The van der Waals surface area contributed by atoms with Crippen molar-refractivity contribution in [3.8, 4) is 0 Å². The molecule has 109 valence electrons. The summed E-state index contributed by atoms with van der Waals surface area (Å²) in [5, 5.41) is 0. The third kappa shape index (κ3) is 6.86. The molecule has 0 heterocycles. The molecule has 0 aliphatic heterocycles. The van der Waals surface area contributed by atoms with Crippen LogP contribution < -0.4 is 0 Å². The number of rotatable bonds is 2. The minimum Gasteiger partial charge on any atom is -0.0686 e. The van der Waals surface area contributed by atoms with Crippen molar-refractivity contribution in [2.24, 2.45) is 0 Å². The molecule has 0 amide bonds. The van der Waals surface area contributed by atoms with Gasteiger partial charge in [-0.3, -0.25) is 0 Å². The third-order valence-corrected chi connectivity index (χ3v) is 5.34. The van der Waals surface area contributed by atoms with Crippen molar-refractivity contribution in [3.05, 3.63) is 0 Å². The van der Waals surface area contributed by atoms with Crippen LogP contribution in [-0.4, -0.2) is 7.28 Å². The van der Waals surface area contributed by atoms with Crippen LogP contribution in [0.2, 0.25) is 11.6 Å². The largest absolute Gasteiger partial charge is 0.117 e. The first-order chi connectivity index (χ1) is 9.45. The van der Waals surface area contributed by atoms with Crippen LogP contribution in [0.3, 0.4) is 0 Å². The summed E-state index contributed by atoms with van der Waals surface area (Å²) in [4.78, 5) is 0. The molecule has 1 heteroatoms. The lowest BCUT2D eigenvalue weighted by Gasteiger charge is -2.25. The van der Waals surface area contributed by atoms with E-state index in [0.29, 0.717) is 0 Å². The molecule has 0 N–H and O–H groups in total. The molecule has 0 aromatic rings. The Balaban J connectivity index is 1.73. The topological polar surface area (TPSA) is 0 Å². The fourth-order valence-electron chi connectivity index (χ4n) is 4.10. The molecule has 1 radical (unpaired) electrons. The lowest BCUT2D eigenvalue weighted by molar-refractivity contribution is 0.480. The summed E-state index contributed by atoms with van der Waals surface area (Å²) in [6.07, 6.45) is 23.9. The van der Waals surface area contributed by atoms with Gasteiger partial charge < -0.3 is 0 Å². The van der Waals surface area contributed by atoms with Crippen LogP contribution in [0.4, 0.5) is 0 Å². The zero-order valence-corrected chi connectivity index (χ0v) is 13.0. The molecule has 0 aromatic heterocycles. The SMILES string of the molecule is [B](C1CCCCCCCCC1)C1CCCCCCC1. The van der Waals surface area contributed by atoms with E-state index in [9.17, 15) is 0 Å². The Hall–Kier alpha value is 0.0649. The first-order valence-electron chi connectivity index (χ1n) is 9.30. The highest BCUT2D eigenvalue weighted by atomic mass is 14.1. The second-order valence-corrected chi connectivity index (χ2v) is 7.11. The summed E-state index contributed by atoms with van der Waals surface area (Å²) in [5.74, 6) is 1.93. The Morgan fingerprint density at radius 3 is 0.947 bits per heavy atom. The zero-order chi connectivity index (χ0) is 13.2. The molecule has 0 saturated heterocycles. The van der Waals surface area contributed by atoms with E-state index in [1.807, 2.05) is 0 Å². The number of hydrogen-bond donors (Lipinski definition) is 0. The molecule has 0 atom stereocenters. The van der Waals surface area contributed by atoms with Gasteiger partial charge in [0.2, 0.25) is 0 Å². The van der Waals surface area contributed by atoms with Gasteiger partial charge in [0.05, 0.1) is 0 Å². The molecule has 2 aliphatic carbocycles. The van der Waals surface area contributed by atoms with Gasteiger partial charge in [0.25, 0.3) is 0 Å². The van der Waals surface area contributed by atoms with Crippen molar-refractivity contribution in [2.45, 2.75) is 114 Å². The van der Waals surface area contributed by atoms with Gasteiger partial charge >= 0.3 is 0 Å². The highest BCUT2D eigenvalue weighted by Gasteiger charge is 2.19. The summed E-state index contributed by atoms with van der Waals surface area (Å²) in [5.41, 5.74) is 0. The summed E-state index contributed by atoms with van der Waals surface area (Å²) in [7, 11) is 2.81. The van der Waals surface area contributed by atoms with Crippen LogP contribution in [-0.2, 0) is 0 Å². The molecule has 19 heavy (non-hydrogen) atoms. The molecule has 0 aromatic carbocycles. The lowest BCUT2D eigenvalue weighted by Crippen LogP contribution is -2.13. The van der Waals surface area contributed by atoms with E-state index in [4.69, 9.17) is 0 Å². The first kappa shape index (κ1) is 15.5. The van der Waals surface area contributed by atoms with Crippen LogP contribution in [0, 0.1) is 0 Å². The Labute approximate surface area is 122 Å². The van der Waals surface area contributed by atoms with Crippen LogP contribution in [0.5, 0.6) is 0 Å². The lowest BCUT2D eigenvalue weighted by atomic mass is 9.50. The first-order valence-corrected chi connectivity index (χ1v) is 9.30. The highest BCUT2D eigenvalue weighted by molar-refractivity contribution is 6.39. The Morgan fingerprint density at radius 1 is 0.368 bits per heavy atom. The summed E-state index contributed by atoms with van der Waals surface area (Å²) >= 11 is 0. The highest BCUT2D eigenvalue weighted by Crippen LogP contribution is 2.33. The monoisotopic (exact) mass is 261 g/mol. The van der Waals surface area contributed by atoms with Gasteiger partial charge in [-0.2, -0.15) is 0 Å². The van der Waals surface area contributed by atoms with Gasteiger partial charge in [0, 0.05) is 0 Å². The van der Waals surface area contributed by atoms with E-state index in [0.717, 1.165) is 11.6 Å². The standard InChI is InChI=1S/C18H34B/c1-2-5-9-13-17(14-10-6-3-1)19-18-15-11-7-4-8-12-16-18/h17-18H,1-16H2. The van der Waals surface area contributed by atoms with Gasteiger partial charge in [0.1, 0.15) is 7.28 Å². The van der Waals surface area contributed by atoms with Crippen molar-refractivity contribution in [2.75, 3.05) is 0 Å². The smallest absolute Gasteiger partial charge is 0.0686 e. The van der Waals surface area contributed by atoms with Crippen molar-refractivity contribution in [3.63, 3.8) is 0 Å². The zero-order valence-electron chi connectivity index (χ0n) is 13.0. The van der Waals surface area contributed by atoms with Gasteiger partial charge in [-0.25, -0.2) is 0 Å². The summed E-state index contributed by atoms with van der Waals surface area (Å²) < 4.78 is 0. The van der Waals surface area contributed by atoms with Crippen molar-refractivity contribution >= 4 is 7.28 Å². The summed E-state index contributed by atoms with van der Waals surface area (Å²) in [6, 6.07) is 0. The second-order valence-electron chi connectivity index (χ2n) is 7.11. The van der Waals surface area contributed by atoms with E-state index in [1.165, 1.54) is 103 Å². The molecule has 0 spiro atoms. The maximum Gasteiger partial charge on any atom is 0.117 e. The minimum atomic E-state index is 0.961. The van der Waals surface area contributed by atoms with Gasteiger partial charge in [-0.15, -0.1) is 0 Å². The van der Waals surface area contributed by atoms with Crippen molar-refractivity contribution in [1.29, 1.82) is 0 Å². The molecule has 0 unspecified atom stereocenters. The molecular weight excluding hydrogens is 227 g/mol. The van der Waals surface area contributed by atoms with E-state index in [-0.39, 0.29) is 0 Å². The quantitative estimate of drug-likeness (QED) is 0.495. The normalized spacial score (nSPS) is 26.3. The average Bonchev–Trinajstić information content (AvgIpc) is 2.40. The Morgan fingerprint density at radius 2 is 0.632 bits per heavy atom. The van der Waals surface area contributed by atoms with Crippen molar-refractivity contribution < 1.29 is 0 Å². The van der Waals surface area contributed by atoms with Crippen LogP contribution in [0.15, 0.2) is 0 Å². The summed E-state index contributed by atoms with van der Waals surface area (Å²) in [6.45, 7) is 0. The predicted octanol–water partition coefficient (Wildman–Crippen LogP) is 6.54. The number of hydrogen-bond acceptors (Lipinski definition) is 0. The van der Waals surface area contributed by atoms with E-state index in [1.54, 1.807) is 0 Å². The molecule has 2 fully saturated rings. The predicted molar refractivity (Wildman–Crippen MR) is 87.1 cm³/mol.